The predicted molar refractivity (Wildman–Crippen MR) is 90.0 cm³/mol. The van der Waals surface area contributed by atoms with E-state index in [0.717, 1.165) is 5.56 Å². The van der Waals surface area contributed by atoms with Gasteiger partial charge in [-0.25, -0.2) is 4.39 Å². The van der Waals surface area contributed by atoms with Crippen LogP contribution in [-0.4, -0.2) is 42.3 Å². The molecule has 0 aliphatic carbocycles. The van der Waals surface area contributed by atoms with Crippen molar-refractivity contribution in [3.8, 4) is 11.5 Å². The molecule has 1 saturated heterocycles. The Morgan fingerprint density at radius 3 is 2.72 bits per heavy atom. The van der Waals surface area contributed by atoms with Gasteiger partial charge in [0.15, 0.2) is 6.61 Å². The topological polar surface area (TPSA) is 59.0 Å². The van der Waals surface area contributed by atoms with E-state index in [4.69, 9.17) is 9.47 Å². The van der Waals surface area contributed by atoms with Crippen molar-refractivity contribution in [1.29, 1.82) is 0 Å². The highest BCUT2D eigenvalue weighted by Gasteiger charge is 2.35. The molecule has 1 fully saturated rings. The Morgan fingerprint density at radius 2 is 2.00 bits per heavy atom. The summed E-state index contributed by atoms with van der Waals surface area (Å²) in [7, 11) is 1.59. The molecule has 2 atom stereocenters. The summed E-state index contributed by atoms with van der Waals surface area (Å²) in [6.45, 7) is 0.0896. The van der Waals surface area contributed by atoms with Gasteiger partial charge in [-0.3, -0.25) is 4.79 Å². The van der Waals surface area contributed by atoms with Crippen molar-refractivity contribution in [2.24, 2.45) is 0 Å². The van der Waals surface area contributed by atoms with Crippen LogP contribution in [0.15, 0.2) is 48.5 Å². The number of hydrogen-bond donors (Lipinski definition) is 1. The van der Waals surface area contributed by atoms with Crippen molar-refractivity contribution < 1.29 is 23.8 Å². The first-order valence-electron chi connectivity index (χ1n) is 8.06. The molecule has 0 aromatic heterocycles. The number of hydrogen-bond acceptors (Lipinski definition) is 4. The number of methoxy groups -OCH3 is 1. The lowest BCUT2D eigenvalue weighted by atomic mass is 10.0. The summed E-state index contributed by atoms with van der Waals surface area (Å²) in [5.41, 5.74) is 0.908. The third-order valence-electron chi connectivity index (χ3n) is 4.25. The molecule has 25 heavy (non-hydrogen) atoms. The van der Waals surface area contributed by atoms with Gasteiger partial charge in [0.1, 0.15) is 17.3 Å². The number of amides is 1. The number of rotatable bonds is 5. The van der Waals surface area contributed by atoms with Crippen molar-refractivity contribution in [3.05, 3.63) is 59.9 Å². The minimum absolute atomic E-state index is 0.168. The molecule has 6 heteroatoms. The Morgan fingerprint density at radius 1 is 1.24 bits per heavy atom. The van der Waals surface area contributed by atoms with E-state index in [1.54, 1.807) is 12.0 Å². The first kappa shape index (κ1) is 17.2. The molecular formula is C19H20FNO4. The van der Waals surface area contributed by atoms with Gasteiger partial charge in [-0.2, -0.15) is 0 Å². The average Bonchev–Trinajstić information content (AvgIpc) is 3.03. The van der Waals surface area contributed by atoms with E-state index in [1.807, 2.05) is 24.3 Å². The molecule has 5 nitrogen and oxygen atoms in total. The number of carbonyl (C=O) groups is 1. The second-order valence-electron chi connectivity index (χ2n) is 5.97. The molecule has 132 valence electrons. The van der Waals surface area contributed by atoms with Gasteiger partial charge in [-0.1, -0.05) is 12.1 Å². The van der Waals surface area contributed by atoms with Crippen molar-refractivity contribution in [3.63, 3.8) is 0 Å². The highest BCUT2D eigenvalue weighted by molar-refractivity contribution is 5.78. The zero-order valence-electron chi connectivity index (χ0n) is 13.9. The van der Waals surface area contributed by atoms with Gasteiger partial charge in [0, 0.05) is 6.54 Å². The van der Waals surface area contributed by atoms with E-state index in [-0.39, 0.29) is 30.9 Å². The number of halogens is 1. The van der Waals surface area contributed by atoms with E-state index in [2.05, 4.69) is 0 Å². The summed E-state index contributed by atoms with van der Waals surface area (Å²) >= 11 is 0. The predicted octanol–water partition coefficient (Wildman–Crippen LogP) is 2.55. The number of ether oxygens (including phenoxy) is 2. The molecule has 0 radical (unpaired) electrons. The van der Waals surface area contributed by atoms with Crippen LogP contribution in [-0.2, 0) is 4.79 Å². The molecule has 0 spiro atoms. The Labute approximate surface area is 145 Å². The van der Waals surface area contributed by atoms with Crippen LogP contribution < -0.4 is 9.47 Å². The van der Waals surface area contributed by atoms with Gasteiger partial charge in [-0.15, -0.1) is 0 Å². The van der Waals surface area contributed by atoms with Crippen molar-refractivity contribution in [1.82, 2.24) is 4.90 Å². The van der Waals surface area contributed by atoms with Crippen LogP contribution >= 0.6 is 0 Å². The molecule has 1 aliphatic rings. The quantitative estimate of drug-likeness (QED) is 0.905. The van der Waals surface area contributed by atoms with Crippen molar-refractivity contribution >= 4 is 5.91 Å². The molecule has 1 aliphatic heterocycles. The maximum absolute atomic E-state index is 12.9. The number of carbonyl (C=O) groups excluding carboxylic acids is 1. The van der Waals surface area contributed by atoms with Crippen LogP contribution in [0, 0.1) is 5.82 Å². The molecule has 1 N–H and O–H groups in total. The summed E-state index contributed by atoms with van der Waals surface area (Å²) in [5.74, 6) is 0.536. The van der Waals surface area contributed by atoms with Crippen LogP contribution in [0.4, 0.5) is 4.39 Å². The normalized spacial score (nSPS) is 19.7. The van der Waals surface area contributed by atoms with Gasteiger partial charge in [0.05, 0.1) is 19.3 Å². The molecule has 2 aromatic carbocycles. The minimum atomic E-state index is -0.578. The molecule has 3 rings (SSSR count). The maximum atomic E-state index is 12.9. The lowest BCUT2D eigenvalue weighted by molar-refractivity contribution is -0.134. The average molecular weight is 345 g/mol. The molecule has 1 amide bonds. The Bertz CT molecular complexity index is 734. The minimum Gasteiger partial charge on any atom is -0.497 e. The lowest BCUT2D eigenvalue weighted by Crippen LogP contribution is -2.35. The van der Waals surface area contributed by atoms with E-state index >= 15 is 0 Å². The highest BCUT2D eigenvalue weighted by atomic mass is 19.1. The summed E-state index contributed by atoms with van der Waals surface area (Å²) in [5, 5.41) is 10.0. The lowest BCUT2D eigenvalue weighted by Gasteiger charge is -2.25. The van der Waals surface area contributed by atoms with E-state index in [0.29, 0.717) is 17.9 Å². The third-order valence-corrected chi connectivity index (χ3v) is 4.25. The molecule has 0 unspecified atom stereocenters. The first-order valence-corrected chi connectivity index (χ1v) is 8.06. The third kappa shape index (κ3) is 4.09. The highest BCUT2D eigenvalue weighted by Crippen LogP contribution is 2.33. The van der Waals surface area contributed by atoms with Gasteiger partial charge in [0.25, 0.3) is 5.91 Å². The fourth-order valence-corrected chi connectivity index (χ4v) is 3.01. The number of likely N-dealkylation sites (tertiary alicyclic amines) is 1. The standard InChI is InChI=1S/C19H20FNO4/c1-24-17-4-2-3-13(9-17)18-10-15(22)11-21(18)19(23)12-25-16-7-5-14(20)6-8-16/h2-9,15,18,22H,10-12H2,1H3/t15-,18-/m0/s1. The zero-order valence-corrected chi connectivity index (χ0v) is 13.9. The fourth-order valence-electron chi connectivity index (χ4n) is 3.01. The Kier molecular flexibility index (Phi) is 5.19. The first-order chi connectivity index (χ1) is 12.1. The second-order valence-corrected chi connectivity index (χ2v) is 5.97. The second kappa shape index (κ2) is 7.53. The van der Waals surface area contributed by atoms with E-state index in [1.165, 1.54) is 24.3 Å². The Balaban J connectivity index is 1.69. The summed E-state index contributed by atoms with van der Waals surface area (Å²) < 4.78 is 23.6. The van der Waals surface area contributed by atoms with E-state index in [9.17, 15) is 14.3 Å². The van der Waals surface area contributed by atoms with Crippen LogP contribution in [0.1, 0.15) is 18.0 Å². The number of benzene rings is 2. The van der Waals surface area contributed by atoms with Crippen LogP contribution in [0.25, 0.3) is 0 Å². The smallest absolute Gasteiger partial charge is 0.261 e. The fraction of sp³-hybridized carbons (Fsp3) is 0.316. The van der Waals surface area contributed by atoms with Gasteiger partial charge in [-0.05, 0) is 48.4 Å². The van der Waals surface area contributed by atoms with Crippen LogP contribution in [0.5, 0.6) is 11.5 Å². The van der Waals surface area contributed by atoms with Crippen LogP contribution in [0.3, 0.4) is 0 Å². The molecule has 1 heterocycles. The SMILES string of the molecule is COc1cccc([C@@H]2C[C@H](O)CN2C(=O)COc2ccc(F)cc2)c1. The largest absolute Gasteiger partial charge is 0.497 e. The summed E-state index contributed by atoms with van der Waals surface area (Å²) in [4.78, 5) is 14.2. The maximum Gasteiger partial charge on any atom is 0.261 e. The van der Waals surface area contributed by atoms with E-state index < -0.39 is 6.10 Å². The van der Waals surface area contributed by atoms with Gasteiger partial charge >= 0.3 is 0 Å². The van der Waals surface area contributed by atoms with Crippen LogP contribution in [0.2, 0.25) is 0 Å². The number of aliphatic hydroxyl groups is 1. The molecular weight excluding hydrogens is 325 g/mol. The molecule has 0 bridgehead atoms. The number of β-amino-alcohol motifs (C(OH)–C–C–N with tert-alkyl or cyclic N) is 1. The number of nitrogens with zero attached hydrogens (tertiary/aromatic N) is 1. The Hall–Kier alpha value is -2.60. The van der Waals surface area contributed by atoms with Crippen molar-refractivity contribution in [2.45, 2.75) is 18.6 Å². The number of aliphatic hydroxyl groups excluding tert-OH is 1. The molecule has 2 aromatic rings. The summed E-state index contributed by atoms with van der Waals surface area (Å²) in [6, 6.07) is 12.7. The van der Waals surface area contributed by atoms with Crippen molar-refractivity contribution in [2.75, 3.05) is 20.3 Å². The molecule has 0 saturated carbocycles. The summed E-state index contributed by atoms with van der Waals surface area (Å²) in [6.07, 6.45) is -0.110. The zero-order chi connectivity index (χ0) is 17.8. The van der Waals surface area contributed by atoms with Gasteiger partial charge < -0.3 is 19.5 Å². The monoisotopic (exact) mass is 345 g/mol. The van der Waals surface area contributed by atoms with Gasteiger partial charge in [0.2, 0.25) is 0 Å².